The first-order valence-electron chi connectivity index (χ1n) is 3.53. The number of hydrogen-bond acceptors (Lipinski definition) is 3. The Kier molecular flexibility index (Phi) is 2.86. The van der Waals surface area contributed by atoms with E-state index in [4.69, 9.17) is 10.5 Å². The summed E-state index contributed by atoms with van der Waals surface area (Å²) in [5.74, 6) is 0.568. The van der Waals surface area contributed by atoms with Gasteiger partial charge in [-0.1, -0.05) is 6.07 Å². The van der Waals surface area contributed by atoms with Gasteiger partial charge in [0.1, 0.15) is 5.82 Å². The Morgan fingerprint density at radius 2 is 2.36 bits per heavy atom. The molecule has 0 unspecified atom stereocenters. The molecule has 0 aliphatic carbocycles. The van der Waals surface area contributed by atoms with Crippen molar-refractivity contribution in [1.29, 1.82) is 0 Å². The van der Waals surface area contributed by atoms with Crippen molar-refractivity contribution in [2.45, 2.75) is 6.42 Å². The highest BCUT2D eigenvalue weighted by Crippen LogP contribution is 2.00. The van der Waals surface area contributed by atoms with Gasteiger partial charge in [-0.25, -0.2) is 4.98 Å². The quantitative estimate of drug-likeness (QED) is 0.698. The van der Waals surface area contributed by atoms with Gasteiger partial charge >= 0.3 is 0 Å². The molecule has 0 saturated carbocycles. The molecule has 0 radical (unpaired) electrons. The van der Waals surface area contributed by atoms with Crippen LogP contribution in [0.5, 0.6) is 0 Å². The van der Waals surface area contributed by atoms with Crippen molar-refractivity contribution in [2.75, 3.05) is 19.5 Å². The maximum absolute atomic E-state index is 5.48. The van der Waals surface area contributed by atoms with E-state index < -0.39 is 0 Å². The maximum atomic E-state index is 5.48. The zero-order chi connectivity index (χ0) is 8.10. The summed E-state index contributed by atoms with van der Waals surface area (Å²) in [4.78, 5) is 4.11. The average molecular weight is 152 g/mol. The van der Waals surface area contributed by atoms with Crippen LogP contribution in [0.1, 0.15) is 5.69 Å². The lowest BCUT2D eigenvalue weighted by Crippen LogP contribution is -1.99. The Morgan fingerprint density at radius 3 is 3.00 bits per heavy atom. The molecule has 3 heteroatoms. The molecule has 1 aromatic rings. The monoisotopic (exact) mass is 152 g/mol. The van der Waals surface area contributed by atoms with Crippen LogP contribution in [-0.4, -0.2) is 18.7 Å². The molecule has 0 saturated heterocycles. The van der Waals surface area contributed by atoms with Gasteiger partial charge in [0.25, 0.3) is 0 Å². The van der Waals surface area contributed by atoms with Crippen molar-refractivity contribution in [2.24, 2.45) is 0 Å². The number of nitrogen functional groups attached to an aromatic ring is 1. The van der Waals surface area contributed by atoms with Crippen LogP contribution in [0, 0.1) is 0 Å². The van der Waals surface area contributed by atoms with Crippen molar-refractivity contribution in [3.63, 3.8) is 0 Å². The predicted molar refractivity (Wildman–Crippen MR) is 44.2 cm³/mol. The molecule has 1 heterocycles. The number of pyridine rings is 1. The molecule has 0 fully saturated rings. The topological polar surface area (TPSA) is 48.1 Å². The third kappa shape index (κ3) is 2.55. The minimum absolute atomic E-state index is 0.568. The Balaban J connectivity index is 2.56. The Bertz CT molecular complexity index is 225. The highest BCUT2D eigenvalue weighted by molar-refractivity contribution is 5.28. The van der Waals surface area contributed by atoms with E-state index in [-0.39, 0.29) is 0 Å². The first-order chi connectivity index (χ1) is 5.33. The van der Waals surface area contributed by atoms with Gasteiger partial charge in [0.2, 0.25) is 0 Å². The lowest BCUT2D eigenvalue weighted by Gasteiger charge is -1.99. The van der Waals surface area contributed by atoms with Crippen LogP contribution in [0.15, 0.2) is 18.2 Å². The summed E-state index contributed by atoms with van der Waals surface area (Å²) in [5, 5.41) is 0. The Labute approximate surface area is 66.2 Å². The SMILES string of the molecule is COCCc1cccc(N)n1. The van der Waals surface area contributed by atoms with E-state index in [0.717, 1.165) is 12.1 Å². The third-order valence-electron chi connectivity index (χ3n) is 1.39. The van der Waals surface area contributed by atoms with Crippen molar-refractivity contribution >= 4 is 5.82 Å². The van der Waals surface area contributed by atoms with Gasteiger partial charge in [-0.05, 0) is 12.1 Å². The van der Waals surface area contributed by atoms with Crippen LogP contribution in [0.2, 0.25) is 0 Å². The largest absolute Gasteiger partial charge is 0.384 e. The minimum Gasteiger partial charge on any atom is -0.384 e. The number of ether oxygens (including phenoxy) is 1. The first kappa shape index (κ1) is 8.01. The first-order valence-corrected chi connectivity index (χ1v) is 3.53. The van der Waals surface area contributed by atoms with Crippen LogP contribution in [0.4, 0.5) is 5.82 Å². The number of aromatic nitrogens is 1. The van der Waals surface area contributed by atoms with Crippen molar-refractivity contribution in [1.82, 2.24) is 4.98 Å². The number of nitrogens with zero attached hydrogens (tertiary/aromatic N) is 1. The lowest BCUT2D eigenvalue weighted by atomic mass is 10.3. The summed E-state index contributed by atoms with van der Waals surface area (Å²) in [6.45, 7) is 0.691. The van der Waals surface area contributed by atoms with Crippen molar-refractivity contribution in [3.8, 4) is 0 Å². The summed E-state index contributed by atoms with van der Waals surface area (Å²) in [6, 6.07) is 5.61. The molecule has 1 aromatic heterocycles. The summed E-state index contributed by atoms with van der Waals surface area (Å²) in [5.41, 5.74) is 6.46. The van der Waals surface area contributed by atoms with Crippen LogP contribution >= 0.6 is 0 Å². The highest BCUT2D eigenvalue weighted by atomic mass is 16.5. The van der Waals surface area contributed by atoms with Gasteiger partial charge in [0.05, 0.1) is 6.61 Å². The van der Waals surface area contributed by atoms with E-state index in [9.17, 15) is 0 Å². The fraction of sp³-hybridized carbons (Fsp3) is 0.375. The van der Waals surface area contributed by atoms with E-state index in [2.05, 4.69) is 4.98 Å². The molecule has 1 rings (SSSR count). The van der Waals surface area contributed by atoms with Crippen LogP contribution in [0.25, 0.3) is 0 Å². The normalized spacial score (nSPS) is 9.91. The molecule has 0 aliphatic rings. The molecular formula is C8H12N2O. The molecular weight excluding hydrogens is 140 g/mol. The van der Waals surface area contributed by atoms with Crippen LogP contribution in [0.3, 0.4) is 0 Å². The molecule has 2 N–H and O–H groups in total. The van der Waals surface area contributed by atoms with Crippen LogP contribution < -0.4 is 5.73 Å². The molecule has 60 valence electrons. The van der Waals surface area contributed by atoms with Gasteiger partial charge < -0.3 is 10.5 Å². The standard InChI is InChI=1S/C8H12N2O/c1-11-6-5-7-3-2-4-8(9)10-7/h2-4H,5-6H2,1H3,(H2,9,10). The number of anilines is 1. The minimum atomic E-state index is 0.568. The summed E-state index contributed by atoms with van der Waals surface area (Å²) < 4.78 is 4.90. The number of rotatable bonds is 3. The lowest BCUT2D eigenvalue weighted by molar-refractivity contribution is 0.201. The number of methoxy groups -OCH3 is 1. The molecule has 0 atom stereocenters. The number of hydrogen-bond donors (Lipinski definition) is 1. The van der Waals surface area contributed by atoms with Crippen LogP contribution in [-0.2, 0) is 11.2 Å². The molecule has 0 bridgehead atoms. The average Bonchev–Trinajstić information content (AvgIpc) is 2.01. The van der Waals surface area contributed by atoms with Crippen molar-refractivity contribution < 1.29 is 4.74 Å². The second kappa shape index (κ2) is 3.93. The molecule has 0 aromatic carbocycles. The zero-order valence-corrected chi connectivity index (χ0v) is 6.58. The van der Waals surface area contributed by atoms with E-state index >= 15 is 0 Å². The van der Waals surface area contributed by atoms with E-state index in [0.29, 0.717) is 12.4 Å². The van der Waals surface area contributed by atoms with Gasteiger partial charge in [-0.3, -0.25) is 0 Å². The summed E-state index contributed by atoms with van der Waals surface area (Å²) in [7, 11) is 1.67. The second-order valence-electron chi connectivity index (χ2n) is 2.30. The molecule has 0 amide bonds. The van der Waals surface area contributed by atoms with Crippen molar-refractivity contribution in [3.05, 3.63) is 23.9 Å². The Morgan fingerprint density at radius 1 is 1.55 bits per heavy atom. The maximum Gasteiger partial charge on any atom is 0.123 e. The number of nitrogens with two attached hydrogens (primary N) is 1. The van der Waals surface area contributed by atoms with Gasteiger partial charge in [-0.2, -0.15) is 0 Å². The van der Waals surface area contributed by atoms with E-state index in [1.54, 1.807) is 13.2 Å². The second-order valence-corrected chi connectivity index (χ2v) is 2.30. The van der Waals surface area contributed by atoms with E-state index in [1.165, 1.54) is 0 Å². The fourth-order valence-electron chi connectivity index (χ4n) is 0.844. The van der Waals surface area contributed by atoms with Gasteiger partial charge in [0, 0.05) is 19.2 Å². The summed E-state index contributed by atoms with van der Waals surface area (Å²) >= 11 is 0. The predicted octanol–water partition coefficient (Wildman–Crippen LogP) is 0.853. The zero-order valence-electron chi connectivity index (χ0n) is 6.58. The summed E-state index contributed by atoms with van der Waals surface area (Å²) in [6.07, 6.45) is 0.821. The Hall–Kier alpha value is -1.09. The molecule has 0 aliphatic heterocycles. The smallest absolute Gasteiger partial charge is 0.123 e. The molecule has 0 spiro atoms. The van der Waals surface area contributed by atoms with Gasteiger partial charge in [-0.15, -0.1) is 0 Å². The molecule has 3 nitrogen and oxygen atoms in total. The highest BCUT2D eigenvalue weighted by Gasteiger charge is 1.93. The third-order valence-corrected chi connectivity index (χ3v) is 1.39. The molecule has 11 heavy (non-hydrogen) atoms. The van der Waals surface area contributed by atoms with E-state index in [1.807, 2.05) is 12.1 Å². The fourth-order valence-corrected chi connectivity index (χ4v) is 0.844. The van der Waals surface area contributed by atoms with Gasteiger partial charge in [0.15, 0.2) is 0 Å².